The summed E-state index contributed by atoms with van der Waals surface area (Å²) in [6.07, 6.45) is 6.43. The number of benzene rings is 1. The molecule has 1 aromatic carbocycles. The van der Waals surface area contributed by atoms with Gasteiger partial charge in [-0.1, -0.05) is 54.6 Å². The van der Waals surface area contributed by atoms with Gasteiger partial charge in [-0.3, -0.25) is 0 Å². The minimum Gasteiger partial charge on any atom is -0.370 e. The molecule has 3 rings (SSSR count). The van der Waals surface area contributed by atoms with Crippen molar-refractivity contribution in [2.75, 3.05) is 13.2 Å². The first kappa shape index (κ1) is 13.7. The fourth-order valence-corrected chi connectivity index (χ4v) is 3.63. The first-order chi connectivity index (χ1) is 9.20. The summed E-state index contributed by atoms with van der Waals surface area (Å²) in [4.78, 5) is 0. The Morgan fingerprint density at radius 1 is 1.16 bits per heavy atom. The van der Waals surface area contributed by atoms with Gasteiger partial charge in [-0.05, 0) is 18.9 Å². The van der Waals surface area contributed by atoms with Crippen molar-refractivity contribution in [2.24, 2.45) is 0 Å². The van der Waals surface area contributed by atoms with Crippen LogP contribution < -0.4 is 5.32 Å². The molecule has 0 aromatic heterocycles. The van der Waals surface area contributed by atoms with Crippen LogP contribution in [-0.2, 0) is 4.74 Å². The van der Waals surface area contributed by atoms with Crippen molar-refractivity contribution >= 4 is 23.2 Å². The fourth-order valence-electron chi connectivity index (χ4n) is 3.20. The van der Waals surface area contributed by atoms with Crippen LogP contribution in [0.1, 0.15) is 43.8 Å². The van der Waals surface area contributed by atoms with Crippen LogP contribution in [0, 0.1) is 0 Å². The van der Waals surface area contributed by atoms with Gasteiger partial charge < -0.3 is 10.1 Å². The number of hydrogen-bond acceptors (Lipinski definition) is 2. The number of morpholine rings is 1. The van der Waals surface area contributed by atoms with Crippen LogP contribution in [0.15, 0.2) is 18.2 Å². The molecule has 1 atom stereocenters. The minimum atomic E-state index is 0.0127. The van der Waals surface area contributed by atoms with Crippen LogP contribution in [0.25, 0.3) is 0 Å². The quantitative estimate of drug-likeness (QED) is 0.832. The maximum absolute atomic E-state index is 6.26. The monoisotopic (exact) mass is 299 g/mol. The Balaban J connectivity index is 1.71. The summed E-state index contributed by atoms with van der Waals surface area (Å²) < 4.78 is 6.09. The van der Waals surface area contributed by atoms with Gasteiger partial charge in [0.15, 0.2) is 0 Å². The topological polar surface area (TPSA) is 21.3 Å². The van der Waals surface area contributed by atoms with Crippen molar-refractivity contribution in [3.63, 3.8) is 0 Å². The SMILES string of the molecule is Clc1cccc(C2CNC3(CCCCC3)CO2)c1Cl. The van der Waals surface area contributed by atoms with Crippen molar-refractivity contribution in [1.82, 2.24) is 5.32 Å². The standard InChI is InChI=1S/C15H19Cl2NO/c16-12-6-4-5-11(14(12)17)13-9-18-15(10-19-13)7-2-1-3-8-15/h4-6,13,18H,1-3,7-10H2. The Labute approximate surface area is 124 Å². The van der Waals surface area contributed by atoms with Crippen LogP contribution in [0.3, 0.4) is 0 Å². The first-order valence-electron chi connectivity index (χ1n) is 7.01. The Morgan fingerprint density at radius 3 is 2.63 bits per heavy atom. The number of halogens is 2. The van der Waals surface area contributed by atoms with Crippen LogP contribution >= 0.6 is 23.2 Å². The van der Waals surface area contributed by atoms with Gasteiger partial charge in [0.2, 0.25) is 0 Å². The summed E-state index contributed by atoms with van der Waals surface area (Å²) in [6.45, 7) is 1.60. The van der Waals surface area contributed by atoms with Gasteiger partial charge in [-0.15, -0.1) is 0 Å². The lowest BCUT2D eigenvalue weighted by molar-refractivity contribution is -0.0466. The molecule has 4 heteroatoms. The molecule has 1 unspecified atom stereocenters. The molecule has 0 radical (unpaired) electrons. The largest absolute Gasteiger partial charge is 0.370 e. The third-order valence-electron chi connectivity index (χ3n) is 4.36. The zero-order valence-corrected chi connectivity index (χ0v) is 12.4. The highest BCUT2D eigenvalue weighted by Gasteiger charge is 2.37. The molecule has 1 spiro atoms. The lowest BCUT2D eigenvalue weighted by Gasteiger charge is -2.44. The molecular weight excluding hydrogens is 281 g/mol. The number of ether oxygens (including phenoxy) is 1. The van der Waals surface area contributed by atoms with Crippen molar-refractivity contribution in [2.45, 2.75) is 43.7 Å². The molecule has 2 aliphatic rings. The summed E-state index contributed by atoms with van der Waals surface area (Å²) in [7, 11) is 0. The summed E-state index contributed by atoms with van der Waals surface area (Å²) in [5.74, 6) is 0. The van der Waals surface area contributed by atoms with Crippen molar-refractivity contribution < 1.29 is 4.74 Å². The highest BCUT2D eigenvalue weighted by molar-refractivity contribution is 6.42. The molecule has 1 N–H and O–H groups in total. The normalized spacial score (nSPS) is 26.5. The Bertz CT molecular complexity index is 447. The van der Waals surface area contributed by atoms with Gasteiger partial charge in [-0.25, -0.2) is 0 Å². The second-order valence-electron chi connectivity index (χ2n) is 5.66. The maximum Gasteiger partial charge on any atom is 0.0965 e. The van der Waals surface area contributed by atoms with Gasteiger partial charge in [-0.2, -0.15) is 0 Å². The molecule has 104 valence electrons. The summed E-state index contributed by atoms with van der Waals surface area (Å²) >= 11 is 12.3. The fraction of sp³-hybridized carbons (Fsp3) is 0.600. The predicted octanol–water partition coefficient (Wildman–Crippen LogP) is 4.36. The van der Waals surface area contributed by atoms with E-state index >= 15 is 0 Å². The summed E-state index contributed by atoms with van der Waals surface area (Å²) in [5, 5.41) is 4.92. The zero-order valence-electron chi connectivity index (χ0n) is 10.9. The van der Waals surface area contributed by atoms with E-state index in [1.54, 1.807) is 0 Å². The van der Waals surface area contributed by atoms with E-state index in [0.717, 1.165) is 18.7 Å². The molecule has 1 saturated heterocycles. The molecule has 1 aromatic rings. The highest BCUT2D eigenvalue weighted by Crippen LogP contribution is 2.37. The lowest BCUT2D eigenvalue weighted by atomic mass is 9.81. The first-order valence-corrected chi connectivity index (χ1v) is 7.76. The van der Waals surface area contributed by atoms with E-state index in [9.17, 15) is 0 Å². The van der Waals surface area contributed by atoms with Crippen molar-refractivity contribution in [3.05, 3.63) is 33.8 Å². The van der Waals surface area contributed by atoms with E-state index in [2.05, 4.69) is 5.32 Å². The zero-order chi connectivity index (χ0) is 13.3. The van der Waals surface area contributed by atoms with E-state index in [1.807, 2.05) is 18.2 Å². The average Bonchev–Trinajstić information content (AvgIpc) is 2.44. The molecule has 1 aliphatic heterocycles. The predicted molar refractivity (Wildman–Crippen MR) is 79.0 cm³/mol. The van der Waals surface area contributed by atoms with Crippen LogP contribution in [0.5, 0.6) is 0 Å². The van der Waals surface area contributed by atoms with E-state index in [1.165, 1.54) is 32.1 Å². The van der Waals surface area contributed by atoms with Gasteiger partial charge in [0.25, 0.3) is 0 Å². The molecule has 2 fully saturated rings. The smallest absolute Gasteiger partial charge is 0.0965 e. The highest BCUT2D eigenvalue weighted by atomic mass is 35.5. The lowest BCUT2D eigenvalue weighted by Crippen LogP contribution is -2.55. The summed E-state index contributed by atoms with van der Waals surface area (Å²) in [5.41, 5.74) is 1.20. The Morgan fingerprint density at radius 2 is 1.95 bits per heavy atom. The number of rotatable bonds is 1. The average molecular weight is 300 g/mol. The van der Waals surface area contributed by atoms with Crippen LogP contribution in [0.2, 0.25) is 10.0 Å². The van der Waals surface area contributed by atoms with E-state index in [0.29, 0.717) is 10.0 Å². The van der Waals surface area contributed by atoms with Crippen LogP contribution in [-0.4, -0.2) is 18.7 Å². The van der Waals surface area contributed by atoms with Gasteiger partial charge in [0.1, 0.15) is 0 Å². The molecule has 0 amide bonds. The Kier molecular flexibility index (Phi) is 4.04. The molecular formula is C15H19Cl2NO. The van der Waals surface area contributed by atoms with E-state index in [-0.39, 0.29) is 11.6 Å². The summed E-state index contributed by atoms with van der Waals surface area (Å²) in [6, 6.07) is 5.74. The molecule has 2 nitrogen and oxygen atoms in total. The second-order valence-corrected chi connectivity index (χ2v) is 6.45. The molecule has 0 bridgehead atoms. The van der Waals surface area contributed by atoms with E-state index in [4.69, 9.17) is 27.9 Å². The van der Waals surface area contributed by atoms with Crippen molar-refractivity contribution in [1.29, 1.82) is 0 Å². The van der Waals surface area contributed by atoms with Gasteiger partial charge in [0.05, 0.1) is 22.8 Å². The van der Waals surface area contributed by atoms with E-state index < -0.39 is 0 Å². The third-order valence-corrected chi connectivity index (χ3v) is 5.20. The second kappa shape index (κ2) is 5.61. The maximum atomic E-state index is 6.26. The van der Waals surface area contributed by atoms with Gasteiger partial charge in [0, 0.05) is 17.6 Å². The van der Waals surface area contributed by atoms with Crippen LogP contribution in [0.4, 0.5) is 0 Å². The van der Waals surface area contributed by atoms with Gasteiger partial charge >= 0.3 is 0 Å². The third kappa shape index (κ3) is 2.78. The number of hydrogen-bond donors (Lipinski definition) is 1. The molecule has 19 heavy (non-hydrogen) atoms. The minimum absolute atomic E-state index is 0.0127. The Hall–Kier alpha value is -0.280. The molecule has 1 aliphatic carbocycles. The molecule has 1 saturated carbocycles. The molecule has 1 heterocycles. The number of nitrogens with one attached hydrogen (secondary N) is 1. The van der Waals surface area contributed by atoms with Crippen molar-refractivity contribution in [3.8, 4) is 0 Å².